The minimum absolute atomic E-state index is 0.00497. The van der Waals surface area contributed by atoms with E-state index in [1.54, 1.807) is 0 Å². The molecule has 4 aromatic rings. The van der Waals surface area contributed by atoms with E-state index in [4.69, 9.17) is 0 Å². The third-order valence-corrected chi connectivity index (χ3v) is 6.45. The van der Waals surface area contributed by atoms with Crippen molar-refractivity contribution in [3.05, 3.63) is 57.6 Å². The number of hydrogen-bond donors (Lipinski definition) is 1. The molecule has 1 N–H and O–H groups in total. The summed E-state index contributed by atoms with van der Waals surface area (Å²) in [5, 5.41) is 17.6. The van der Waals surface area contributed by atoms with E-state index in [0.29, 0.717) is 11.3 Å². The molecule has 17 heteroatoms. The summed E-state index contributed by atoms with van der Waals surface area (Å²) < 4.78 is 70.4. The summed E-state index contributed by atoms with van der Waals surface area (Å²) in [5.74, 6) is -4.41. The van der Waals surface area contributed by atoms with Gasteiger partial charge in [0.05, 0.1) is 33.6 Å². The van der Waals surface area contributed by atoms with Crippen molar-refractivity contribution in [1.29, 1.82) is 0 Å². The maximum Gasteiger partial charge on any atom is 0.573 e. The van der Waals surface area contributed by atoms with E-state index in [1.165, 1.54) is 34.0 Å². The topological polar surface area (TPSA) is 128 Å². The average molecular weight is 555 g/mol. The highest BCUT2D eigenvalue weighted by molar-refractivity contribution is 7.17. The Morgan fingerprint density at radius 1 is 1.16 bits per heavy atom. The van der Waals surface area contributed by atoms with Gasteiger partial charge in [0.25, 0.3) is 11.8 Å². The number of ether oxygens (including phenoxy) is 1. The third-order valence-electron chi connectivity index (χ3n) is 5.41. The van der Waals surface area contributed by atoms with Crippen molar-refractivity contribution in [1.82, 2.24) is 19.7 Å². The summed E-state index contributed by atoms with van der Waals surface area (Å²) >= 11 is 0.633. The van der Waals surface area contributed by atoms with Crippen LogP contribution in [0.1, 0.15) is 16.1 Å². The Hall–Kier alpha value is -4.41. The van der Waals surface area contributed by atoms with E-state index in [0.717, 1.165) is 18.2 Å². The minimum atomic E-state index is -4.88. The van der Waals surface area contributed by atoms with Gasteiger partial charge in [-0.05, 0) is 30.3 Å². The molecule has 38 heavy (non-hydrogen) atoms. The lowest BCUT2D eigenvalue weighted by molar-refractivity contribution is -0.380. The van der Waals surface area contributed by atoms with Gasteiger partial charge in [0.1, 0.15) is 11.6 Å². The van der Waals surface area contributed by atoms with Crippen molar-refractivity contribution in [2.75, 3.05) is 23.3 Å². The molecule has 1 aliphatic heterocycles. The predicted octanol–water partition coefficient (Wildman–Crippen LogP) is 4.78. The van der Waals surface area contributed by atoms with Crippen LogP contribution in [0, 0.1) is 10.1 Å². The van der Waals surface area contributed by atoms with E-state index in [1.807, 2.05) is 0 Å². The number of nitrogens with zero attached hydrogens (tertiary/aromatic N) is 6. The van der Waals surface area contributed by atoms with Crippen molar-refractivity contribution >= 4 is 45.0 Å². The van der Waals surface area contributed by atoms with Crippen LogP contribution in [0.5, 0.6) is 5.75 Å². The fourth-order valence-electron chi connectivity index (χ4n) is 3.73. The Balaban J connectivity index is 1.54. The largest absolute Gasteiger partial charge is 0.573 e. The van der Waals surface area contributed by atoms with Gasteiger partial charge in [-0.25, -0.2) is 13.5 Å². The second-order valence-corrected chi connectivity index (χ2v) is 9.15. The van der Waals surface area contributed by atoms with Gasteiger partial charge in [-0.2, -0.15) is 15.1 Å². The maximum absolute atomic E-state index is 13.9. The van der Waals surface area contributed by atoms with Crippen LogP contribution in [-0.4, -0.2) is 56.0 Å². The molecule has 3 aromatic heterocycles. The SMILES string of the molecule is O=C(Nc1nc(N2CCC(F)(F)C2)nc2c1cnn2-c1ccc(OC(F)(F)F)cc1)c1ccc([N+](=O)[O-])s1. The molecule has 1 amide bonds. The monoisotopic (exact) mass is 555 g/mol. The molecule has 198 valence electrons. The molecule has 0 radical (unpaired) electrons. The Morgan fingerprint density at radius 3 is 2.50 bits per heavy atom. The van der Waals surface area contributed by atoms with Crippen LogP contribution < -0.4 is 15.0 Å². The Labute approximate surface area is 212 Å². The molecule has 0 saturated carbocycles. The van der Waals surface area contributed by atoms with Crippen LogP contribution >= 0.6 is 11.3 Å². The lowest BCUT2D eigenvalue weighted by Crippen LogP contribution is -2.27. The predicted molar refractivity (Wildman–Crippen MR) is 124 cm³/mol. The first-order valence-corrected chi connectivity index (χ1v) is 11.5. The summed E-state index contributed by atoms with van der Waals surface area (Å²) in [7, 11) is 0. The summed E-state index contributed by atoms with van der Waals surface area (Å²) in [6.07, 6.45) is -4.03. The van der Waals surface area contributed by atoms with Crippen molar-refractivity contribution in [2.45, 2.75) is 18.7 Å². The van der Waals surface area contributed by atoms with E-state index in [-0.39, 0.29) is 44.9 Å². The van der Waals surface area contributed by atoms with Crippen molar-refractivity contribution < 1.29 is 36.4 Å². The van der Waals surface area contributed by atoms with E-state index >= 15 is 0 Å². The molecular formula is C21H14F5N7O4S. The number of halogens is 5. The van der Waals surface area contributed by atoms with Gasteiger partial charge in [-0.3, -0.25) is 14.9 Å². The highest BCUT2D eigenvalue weighted by atomic mass is 32.1. The highest BCUT2D eigenvalue weighted by Gasteiger charge is 2.39. The molecule has 1 aromatic carbocycles. The van der Waals surface area contributed by atoms with Crippen LogP contribution in [0.4, 0.5) is 38.7 Å². The Bertz CT molecular complexity index is 1540. The molecule has 0 bridgehead atoms. The van der Waals surface area contributed by atoms with Crippen LogP contribution in [0.25, 0.3) is 16.7 Å². The molecule has 0 unspecified atom stereocenters. The smallest absolute Gasteiger partial charge is 0.406 e. The van der Waals surface area contributed by atoms with Gasteiger partial charge in [0.15, 0.2) is 5.65 Å². The number of alkyl halides is 5. The van der Waals surface area contributed by atoms with Crippen LogP contribution in [0.3, 0.4) is 0 Å². The van der Waals surface area contributed by atoms with Gasteiger partial charge >= 0.3 is 11.4 Å². The van der Waals surface area contributed by atoms with Crippen molar-refractivity contribution in [3.63, 3.8) is 0 Å². The number of fused-ring (bicyclic) bond motifs is 1. The fraction of sp³-hybridized carbons (Fsp3) is 0.238. The molecule has 0 aliphatic carbocycles. The summed E-state index contributed by atoms with van der Waals surface area (Å²) in [6.45, 7) is -0.735. The van der Waals surface area contributed by atoms with Gasteiger partial charge in [-0.15, -0.1) is 13.2 Å². The number of nitrogens with one attached hydrogen (secondary N) is 1. The lowest BCUT2D eigenvalue weighted by atomic mass is 10.3. The molecule has 4 heterocycles. The minimum Gasteiger partial charge on any atom is -0.406 e. The first kappa shape index (κ1) is 25.2. The average Bonchev–Trinajstić information content (AvgIpc) is 3.56. The molecule has 11 nitrogen and oxygen atoms in total. The number of thiophene rings is 1. The van der Waals surface area contributed by atoms with E-state index in [2.05, 4.69) is 25.1 Å². The number of anilines is 2. The number of aromatic nitrogens is 4. The second kappa shape index (κ2) is 9.16. The number of carbonyl (C=O) groups excluding carboxylic acids is 1. The zero-order valence-electron chi connectivity index (χ0n) is 18.8. The van der Waals surface area contributed by atoms with Gasteiger partial charge < -0.3 is 15.0 Å². The van der Waals surface area contributed by atoms with Gasteiger partial charge in [-0.1, -0.05) is 11.3 Å². The molecular weight excluding hydrogens is 541 g/mol. The second-order valence-electron chi connectivity index (χ2n) is 8.08. The summed E-state index contributed by atoms with van der Waals surface area (Å²) in [5.41, 5.74) is 0.333. The van der Waals surface area contributed by atoms with E-state index in [9.17, 15) is 36.9 Å². The summed E-state index contributed by atoms with van der Waals surface area (Å²) in [4.78, 5) is 32.9. The standard InChI is InChI=1S/C21H14F5N7O4S/c22-20(23)7-8-31(10-20)19-29-16(28-18(34)14-5-6-15(38-14)33(35)36)13-9-27-32(17(13)30-19)11-1-3-12(4-2-11)37-21(24,25)26/h1-6,9H,7-8,10H2,(H,28,29,30,34). The zero-order valence-corrected chi connectivity index (χ0v) is 19.6. The molecule has 0 spiro atoms. The molecule has 0 atom stereocenters. The number of rotatable bonds is 6. The lowest BCUT2D eigenvalue weighted by Gasteiger charge is -2.17. The maximum atomic E-state index is 13.9. The number of nitro groups is 1. The highest BCUT2D eigenvalue weighted by Crippen LogP contribution is 2.33. The van der Waals surface area contributed by atoms with Crippen LogP contribution in [-0.2, 0) is 0 Å². The Kier molecular flexibility index (Phi) is 6.09. The quantitative estimate of drug-likeness (QED) is 0.205. The number of carbonyl (C=O) groups is 1. The first-order chi connectivity index (χ1) is 17.9. The molecule has 1 saturated heterocycles. The molecule has 1 aliphatic rings. The fourth-order valence-corrected chi connectivity index (χ4v) is 4.45. The first-order valence-electron chi connectivity index (χ1n) is 10.7. The number of amides is 1. The zero-order chi connectivity index (χ0) is 27.2. The van der Waals surface area contributed by atoms with Crippen LogP contribution in [0.2, 0.25) is 0 Å². The normalized spacial score (nSPS) is 15.1. The Morgan fingerprint density at radius 2 is 1.89 bits per heavy atom. The van der Waals surface area contributed by atoms with E-state index < -0.39 is 41.8 Å². The van der Waals surface area contributed by atoms with Crippen molar-refractivity contribution in [3.8, 4) is 11.4 Å². The number of hydrogen-bond acceptors (Lipinski definition) is 9. The van der Waals surface area contributed by atoms with Gasteiger partial charge in [0, 0.05) is 19.0 Å². The molecule has 5 rings (SSSR count). The molecule has 1 fully saturated rings. The van der Waals surface area contributed by atoms with Crippen LogP contribution in [0.15, 0.2) is 42.6 Å². The van der Waals surface area contributed by atoms with Gasteiger partial charge in [0.2, 0.25) is 5.95 Å². The number of benzene rings is 1. The third kappa shape index (κ3) is 5.17. The van der Waals surface area contributed by atoms with Crippen molar-refractivity contribution in [2.24, 2.45) is 0 Å². The summed E-state index contributed by atoms with van der Waals surface area (Å²) in [6, 6.07) is 7.10.